The molecule has 0 amide bonds. The van der Waals surface area contributed by atoms with Gasteiger partial charge in [0.05, 0.1) is 12.4 Å². The molecule has 0 saturated heterocycles. The van der Waals surface area contributed by atoms with Crippen LogP contribution in [0.1, 0.15) is 0 Å². The number of halogens is 2. The molecule has 8 heavy (non-hydrogen) atoms. The van der Waals surface area contributed by atoms with Crippen LogP contribution in [0.25, 0.3) is 0 Å². The van der Waals surface area contributed by atoms with Gasteiger partial charge in [-0.15, -0.1) is 5.23 Å². The molecule has 0 aliphatic carbocycles. The number of allylic oxidation sites excluding steroid dienone is 1. The Hall–Kier alpha value is -1.13. The minimum Gasteiger partial charge on any atom is -0.203 e. The first-order chi connectivity index (χ1) is 3.79. The summed E-state index contributed by atoms with van der Waals surface area (Å²) in [6.07, 6.45) is 1.50. The molecule has 1 aliphatic heterocycles. The van der Waals surface area contributed by atoms with E-state index in [1.165, 1.54) is 0 Å². The smallest absolute Gasteiger partial charge is 0.164 e. The molecule has 0 fully saturated rings. The molecule has 0 aromatic carbocycles. The number of hydrazine groups is 1. The van der Waals surface area contributed by atoms with Crippen LogP contribution in [0.15, 0.2) is 17.1 Å². The molecule has 1 N–H and O–H groups in total. The minimum atomic E-state index is -0.716. The van der Waals surface area contributed by atoms with E-state index < -0.39 is 5.83 Å². The first kappa shape index (κ1) is 5.02. The fourth-order valence-corrected chi connectivity index (χ4v) is 0.316. The van der Waals surface area contributed by atoms with Gasteiger partial charge in [0, 0.05) is 0 Å². The van der Waals surface area contributed by atoms with E-state index in [0.29, 0.717) is 6.20 Å². The highest BCUT2D eigenvalue weighted by Gasteiger charge is 2.00. The highest BCUT2D eigenvalue weighted by Crippen LogP contribution is 1.98. The normalized spacial score (nSPS) is 17.8. The number of nitrogens with zero attached hydrogens (tertiary/aromatic N) is 2. The van der Waals surface area contributed by atoms with Gasteiger partial charge < -0.3 is 0 Å². The van der Waals surface area contributed by atoms with Crippen molar-refractivity contribution in [2.45, 2.75) is 0 Å². The van der Waals surface area contributed by atoms with Crippen molar-refractivity contribution in [2.24, 2.45) is 5.10 Å². The first-order valence-corrected chi connectivity index (χ1v) is 1.90. The zero-order valence-corrected chi connectivity index (χ0v) is 3.81. The summed E-state index contributed by atoms with van der Waals surface area (Å²) in [5.74, 6) is -0.716. The maximum atomic E-state index is 11.8. The molecule has 44 valence electrons. The Balaban J connectivity index is 2.63. The number of nitrogens with one attached hydrogen (secondary N) is 1. The van der Waals surface area contributed by atoms with Crippen molar-refractivity contribution in [1.29, 1.82) is 0 Å². The Bertz CT molecular complexity index is 141. The molecule has 0 atom stereocenters. The van der Waals surface area contributed by atoms with Crippen LogP contribution in [0.5, 0.6) is 0 Å². The first-order valence-electron chi connectivity index (χ1n) is 1.90. The summed E-state index contributed by atoms with van der Waals surface area (Å²) in [7, 11) is 0. The molecule has 1 heterocycles. The summed E-state index contributed by atoms with van der Waals surface area (Å²) in [6, 6.07) is 0. The molecule has 5 heteroatoms. The molecule has 0 bridgehead atoms. The predicted molar refractivity (Wildman–Crippen MR) is 23.8 cm³/mol. The topological polar surface area (TPSA) is 27.6 Å². The molecule has 0 saturated carbocycles. The SMILES string of the molecule is FC1=CN(F)NN=C1. The summed E-state index contributed by atoms with van der Waals surface area (Å²) >= 11 is 0. The van der Waals surface area contributed by atoms with E-state index in [0.717, 1.165) is 6.21 Å². The van der Waals surface area contributed by atoms with Gasteiger partial charge in [0.25, 0.3) is 0 Å². The maximum Gasteiger partial charge on any atom is 0.164 e. The lowest BCUT2D eigenvalue weighted by Gasteiger charge is -2.08. The third kappa shape index (κ3) is 0.927. The fraction of sp³-hybridized carbons (Fsp3) is 0. The van der Waals surface area contributed by atoms with Crippen molar-refractivity contribution >= 4 is 6.21 Å². The van der Waals surface area contributed by atoms with Crippen molar-refractivity contribution in [3.8, 4) is 0 Å². The van der Waals surface area contributed by atoms with Crippen LogP contribution in [-0.4, -0.2) is 11.4 Å². The van der Waals surface area contributed by atoms with Gasteiger partial charge in [-0.1, -0.05) is 4.48 Å². The van der Waals surface area contributed by atoms with Gasteiger partial charge in [0.15, 0.2) is 5.83 Å². The van der Waals surface area contributed by atoms with Gasteiger partial charge in [-0.2, -0.15) is 10.6 Å². The lowest BCUT2D eigenvalue weighted by Crippen LogP contribution is -2.23. The lowest BCUT2D eigenvalue weighted by molar-refractivity contribution is 0.0236. The van der Waals surface area contributed by atoms with Crippen molar-refractivity contribution in [2.75, 3.05) is 0 Å². The van der Waals surface area contributed by atoms with E-state index in [2.05, 4.69) is 5.10 Å². The van der Waals surface area contributed by atoms with Crippen molar-refractivity contribution in [1.82, 2.24) is 10.8 Å². The fourth-order valence-electron chi connectivity index (χ4n) is 0.316. The largest absolute Gasteiger partial charge is 0.203 e. The number of hydrogen-bond acceptors (Lipinski definition) is 3. The predicted octanol–water partition coefficient (Wildman–Crippen LogP) is 0.488. The monoisotopic (exact) mass is 119 g/mol. The Morgan fingerprint density at radius 3 is 2.88 bits per heavy atom. The van der Waals surface area contributed by atoms with Crippen LogP contribution in [0.3, 0.4) is 0 Å². The number of hydrazone groups is 1. The average molecular weight is 119 g/mol. The molecular formula is C3H3F2N3. The van der Waals surface area contributed by atoms with Gasteiger partial charge in [0.2, 0.25) is 0 Å². The van der Waals surface area contributed by atoms with Crippen LogP contribution in [-0.2, 0) is 0 Å². The van der Waals surface area contributed by atoms with E-state index in [4.69, 9.17) is 0 Å². The molecule has 1 aliphatic rings. The second-order valence-electron chi connectivity index (χ2n) is 1.18. The van der Waals surface area contributed by atoms with E-state index in [-0.39, 0.29) is 5.23 Å². The van der Waals surface area contributed by atoms with Crippen molar-refractivity contribution < 1.29 is 8.87 Å². The number of rotatable bonds is 0. The van der Waals surface area contributed by atoms with E-state index in [1.807, 2.05) is 5.53 Å². The average Bonchev–Trinajstić information content (AvgIpc) is 1.64. The maximum absolute atomic E-state index is 11.8. The van der Waals surface area contributed by atoms with Gasteiger partial charge in [-0.3, -0.25) is 0 Å². The van der Waals surface area contributed by atoms with Gasteiger partial charge >= 0.3 is 0 Å². The second kappa shape index (κ2) is 1.77. The van der Waals surface area contributed by atoms with Crippen LogP contribution >= 0.6 is 0 Å². The van der Waals surface area contributed by atoms with Gasteiger partial charge in [-0.05, 0) is 0 Å². The third-order valence-corrected chi connectivity index (χ3v) is 0.578. The van der Waals surface area contributed by atoms with E-state index >= 15 is 0 Å². The van der Waals surface area contributed by atoms with Crippen LogP contribution < -0.4 is 5.53 Å². The Morgan fingerprint density at radius 1 is 1.75 bits per heavy atom. The lowest BCUT2D eigenvalue weighted by atomic mass is 10.6. The number of hydrogen-bond donors (Lipinski definition) is 1. The highest BCUT2D eigenvalue weighted by molar-refractivity contribution is 5.75. The van der Waals surface area contributed by atoms with Crippen molar-refractivity contribution in [3.63, 3.8) is 0 Å². The van der Waals surface area contributed by atoms with Crippen LogP contribution in [0.2, 0.25) is 0 Å². The quantitative estimate of drug-likeness (QED) is 0.470. The summed E-state index contributed by atoms with van der Waals surface area (Å²) in [6.45, 7) is 0. The summed E-state index contributed by atoms with van der Waals surface area (Å²) in [5.41, 5.74) is 1.83. The summed E-state index contributed by atoms with van der Waals surface area (Å²) in [4.78, 5) is 0. The standard InChI is InChI=1S/C3H3F2N3/c4-3-1-6-7-8(5)2-3/h1-2,7H. The molecule has 0 spiro atoms. The molecule has 1 rings (SSSR count). The van der Waals surface area contributed by atoms with Gasteiger partial charge in [0.1, 0.15) is 0 Å². The highest BCUT2D eigenvalue weighted by atomic mass is 19.2. The van der Waals surface area contributed by atoms with Crippen LogP contribution in [0, 0.1) is 0 Å². The second-order valence-corrected chi connectivity index (χ2v) is 1.18. The molecular weight excluding hydrogens is 116 g/mol. The van der Waals surface area contributed by atoms with E-state index in [1.54, 1.807) is 0 Å². The summed E-state index contributed by atoms with van der Waals surface area (Å²) < 4.78 is 23.6. The summed E-state index contributed by atoms with van der Waals surface area (Å²) in [5, 5.41) is 3.00. The third-order valence-electron chi connectivity index (χ3n) is 0.578. The Kier molecular flexibility index (Phi) is 1.11. The van der Waals surface area contributed by atoms with E-state index in [9.17, 15) is 8.87 Å². The zero-order chi connectivity index (χ0) is 5.98. The Labute approximate surface area is 44.2 Å². The molecule has 0 aromatic rings. The van der Waals surface area contributed by atoms with Gasteiger partial charge in [-0.25, -0.2) is 4.39 Å². The molecule has 0 aromatic heterocycles. The van der Waals surface area contributed by atoms with Crippen LogP contribution in [0.4, 0.5) is 8.87 Å². The van der Waals surface area contributed by atoms with Crippen molar-refractivity contribution in [3.05, 3.63) is 12.0 Å². The minimum absolute atomic E-state index is 0.0741. The molecule has 3 nitrogen and oxygen atoms in total. The zero-order valence-electron chi connectivity index (χ0n) is 3.81. The Morgan fingerprint density at radius 2 is 2.50 bits per heavy atom. The molecule has 0 radical (unpaired) electrons. The molecule has 0 unspecified atom stereocenters.